The van der Waals surface area contributed by atoms with Gasteiger partial charge in [-0.2, -0.15) is 0 Å². The van der Waals surface area contributed by atoms with Crippen molar-refractivity contribution in [2.24, 2.45) is 0 Å². The van der Waals surface area contributed by atoms with Gasteiger partial charge in [0, 0.05) is 0 Å². The number of fused-ring (bicyclic) bond motifs is 2. The molecule has 4 amide bonds. The number of rotatable bonds is 10. The van der Waals surface area contributed by atoms with Crippen molar-refractivity contribution in [3.63, 3.8) is 0 Å². The van der Waals surface area contributed by atoms with Gasteiger partial charge >= 0.3 is 265 Å². The summed E-state index contributed by atoms with van der Waals surface area (Å²) in [6.45, 7) is 3.58. The fourth-order valence-corrected chi connectivity index (χ4v) is 14.6. The number of amides is 4. The van der Waals surface area contributed by atoms with E-state index >= 15 is 0 Å². The SMILES string of the molecule is C/C=C/P(OS(=O)(=O)ON1C(=O)N2C[C@H]1C=C[C@H]2C(=O)NC1CCN(C(=O)OC(C)(C)C)CC1)(c1ccccc1)(c1ccccc1)c1ccccc1. The van der Waals surface area contributed by atoms with Crippen molar-refractivity contribution < 1.29 is 35.8 Å². The van der Waals surface area contributed by atoms with Crippen LogP contribution >= 0.6 is 6.83 Å². The van der Waals surface area contributed by atoms with E-state index in [1.807, 2.05) is 112 Å². The van der Waals surface area contributed by atoms with Crippen LogP contribution in [0.25, 0.3) is 0 Å². The molecule has 0 spiro atoms. The van der Waals surface area contributed by atoms with Gasteiger partial charge in [-0.15, -0.1) is 0 Å². The second-order valence-electron chi connectivity index (χ2n) is 14.1. The number of ether oxygens (including phenoxy) is 1. The van der Waals surface area contributed by atoms with Gasteiger partial charge < -0.3 is 9.64 Å². The van der Waals surface area contributed by atoms with Gasteiger partial charge in [0.2, 0.25) is 0 Å². The Bertz CT molecular complexity index is 1850. The van der Waals surface area contributed by atoms with Gasteiger partial charge in [0.05, 0.1) is 0 Å². The van der Waals surface area contributed by atoms with Crippen molar-refractivity contribution in [2.75, 3.05) is 19.6 Å². The van der Waals surface area contributed by atoms with E-state index in [1.54, 1.807) is 35.9 Å². The summed E-state index contributed by atoms with van der Waals surface area (Å²) in [5.74, 6) is 1.40. The second-order valence-corrected chi connectivity index (χ2v) is 19.7. The third-order valence-electron chi connectivity index (χ3n) is 9.39. The van der Waals surface area contributed by atoms with Crippen molar-refractivity contribution in [3.05, 3.63) is 115 Å². The third kappa shape index (κ3) is 7.10. The fraction of sp³-hybridized carbons (Fsp3) is 0.342. The predicted molar refractivity (Wildman–Crippen MR) is 201 cm³/mol. The summed E-state index contributed by atoms with van der Waals surface area (Å²) < 4.78 is 46.4. The molecule has 3 aromatic carbocycles. The molecular formula is C38H45N4O8PS. The van der Waals surface area contributed by atoms with Crippen molar-refractivity contribution in [1.82, 2.24) is 20.2 Å². The Morgan fingerprint density at radius 2 is 1.37 bits per heavy atom. The Kier molecular flexibility index (Phi) is 10.4. The molecule has 6 rings (SSSR count). The summed E-state index contributed by atoms with van der Waals surface area (Å²) in [7, 11) is -5.00. The molecule has 2 atom stereocenters. The van der Waals surface area contributed by atoms with Gasteiger partial charge in [0.1, 0.15) is 5.60 Å². The number of piperidine rings is 1. The van der Waals surface area contributed by atoms with E-state index in [4.69, 9.17) is 13.0 Å². The van der Waals surface area contributed by atoms with Crippen LogP contribution in [0.2, 0.25) is 0 Å². The molecule has 0 unspecified atom stereocenters. The number of allylic oxidation sites excluding steroid dienone is 1. The first-order valence-corrected chi connectivity index (χ1v) is 20.9. The van der Waals surface area contributed by atoms with E-state index in [9.17, 15) is 22.8 Å². The first-order valence-electron chi connectivity index (χ1n) is 17.3. The number of carbonyl (C=O) groups excluding carboxylic acids is 3. The fourth-order valence-electron chi connectivity index (χ4n) is 7.08. The molecule has 2 saturated heterocycles. The number of carbonyl (C=O) groups is 3. The minimum absolute atomic E-state index is 0.0363. The van der Waals surface area contributed by atoms with E-state index in [-0.39, 0.29) is 12.6 Å². The molecule has 276 valence electrons. The number of urea groups is 1. The Balaban J connectivity index is 1.23. The molecule has 12 nitrogen and oxygen atoms in total. The molecule has 0 radical (unpaired) electrons. The molecule has 3 heterocycles. The molecule has 3 aliphatic heterocycles. The molecule has 0 saturated carbocycles. The first kappa shape index (κ1) is 37.2. The molecule has 2 fully saturated rings. The Morgan fingerprint density at radius 3 is 1.85 bits per heavy atom. The maximum absolute atomic E-state index is 14.4. The van der Waals surface area contributed by atoms with Crippen LogP contribution in [0, 0.1) is 0 Å². The summed E-state index contributed by atoms with van der Waals surface area (Å²) >= 11 is 0. The monoisotopic (exact) mass is 748 g/mol. The summed E-state index contributed by atoms with van der Waals surface area (Å²) in [5, 5.41) is 5.60. The second kappa shape index (κ2) is 14.5. The first-order chi connectivity index (χ1) is 24.8. The average molecular weight is 749 g/mol. The molecule has 0 aliphatic carbocycles. The van der Waals surface area contributed by atoms with Gasteiger partial charge in [-0.3, -0.25) is 0 Å². The van der Waals surface area contributed by atoms with Crippen LogP contribution in [0.4, 0.5) is 9.59 Å². The van der Waals surface area contributed by atoms with Gasteiger partial charge in [-0.25, -0.2) is 4.79 Å². The zero-order valence-corrected chi connectivity index (χ0v) is 31.4. The summed E-state index contributed by atoms with van der Waals surface area (Å²) in [5.41, 5.74) is -0.608. The van der Waals surface area contributed by atoms with Gasteiger partial charge in [-0.05, 0) is 20.8 Å². The van der Waals surface area contributed by atoms with Crippen molar-refractivity contribution in [2.45, 2.75) is 64.3 Å². The molecule has 14 heteroatoms. The van der Waals surface area contributed by atoms with E-state index in [0.29, 0.717) is 41.8 Å². The van der Waals surface area contributed by atoms with Crippen LogP contribution in [0.5, 0.6) is 0 Å². The Labute approximate surface area is 305 Å². The number of hydrogen-bond donors (Lipinski definition) is 1. The van der Waals surface area contributed by atoms with Gasteiger partial charge in [0.15, 0.2) is 0 Å². The average Bonchev–Trinajstić information content (AvgIpc) is 3.35. The van der Waals surface area contributed by atoms with E-state index in [0.717, 1.165) is 5.06 Å². The standard InChI is InChI=1S/C38H45N4O8PS/c1-5-27-51(31-15-9-6-10-16-31,32-17-11-7-12-18-32,33-19-13-8-14-20-33)50-52(46,47)49-42-30-21-22-34(41(28-30)36(42)44)35(43)39-29-23-25-40(26-24-29)37(45)48-38(2,3)4/h5-22,27,29-30,34H,23-26,28H2,1-4H3,(H,39,43)/b27-5+/t30-,34+/m1/s1. The predicted octanol–water partition coefficient (Wildman–Crippen LogP) is 4.72. The minimum atomic E-state index is -5.00. The number of benzene rings is 3. The Hall–Kier alpha value is -4.55. The molecular weight excluding hydrogens is 703 g/mol. The number of nitrogens with zero attached hydrogens (tertiary/aromatic N) is 3. The zero-order valence-electron chi connectivity index (χ0n) is 29.7. The number of hydroxylamine groups is 2. The molecule has 3 aliphatic rings. The van der Waals surface area contributed by atoms with Gasteiger partial charge in [-0.1, -0.05) is 0 Å². The van der Waals surface area contributed by atoms with Crippen LogP contribution < -0.4 is 21.2 Å². The van der Waals surface area contributed by atoms with Crippen LogP contribution in [0.1, 0.15) is 40.5 Å². The number of nitrogens with one attached hydrogen (secondary N) is 1. The molecule has 1 N–H and O–H groups in total. The van der Waals surface area contributed by atoms with Crippen LogP contribution in [0.15, 0.2) is 115 Å². The van der Waals surface area contributed by atoms with Gasteiger partial charge in [0.25, 0.3) is 0 Å². The van der Waals surface area contributed by atoms with Crippen LogP contribution in [0.3, 0.4) is 0 Å². The van der Waals surface area contributed by atoms with Crippen LogP contribution in [-0.4, -0.2) is 84.7 Å². The molecule has 0 aromatic heterocycles. The van der Waals surface area contributed by atoms with Crippen molar-refractivity contribution in [1.29, 1.82) is 0 Å². The van der Waals surface area contributed by atoms with E-state index in [2.05, 4.69) is 5.32 Å². The summed E-state index contributed by atoms with van der Waals surface area (Å²) in [6.07, 6.45) is 5.59. The zero-order chi connectivity index (χ0) is 37.2. The number of hydrogen-bond acceptors (Lipinski definition) is 8. The molecule has 52 heavy (non-hydrogen) atoms. The van der Waals surface area contributed by atoms with Crippen LogP contribution in [-0.2, 0) is 28.2 Å². The molecule has 3 aromatic rings. The summed E-state index contributed by atoms with van der Waals surface area (Å²) in [6, 6.07) is 24.7. The topological polar surface area (TPSA) is 135 Å². The Morgan fingerprint density at radius 1 is 0.846 bits per heavy atom. The quantitative estimate of drug-likeness (QED) is 0.233. The summed E-state index contributed by atoms with van der Waals surface area (Å²) in [4.78, 5) is 42.7. The number of likely N-dealkylation sites (tertiary alicyclic amines) is 1. The maximum atomic E-state index is 14.4. The van der Waals surface area contributed by atoms with E-state index < -0.39 is 52.9 Å². The van der Waals surface area contributed by atoms with Crippen molar-refractivity contribution >= 4 is 51.2 Å². The van der Waals surface area contributed by atoms with Crippen molar-refractivity contribution in [3.8, 4) is 0 Å². The molecule has 2 bridgehead atoms. The normalized spacial score (nSPS) is 20.5. The van der Waals surface area contributed by atoms with E-state index in [1.165, 1.54) is 4.90 Å². The third-order valence-corrected chi connectivity index (χ3v) is 16.5.